The fraction of sp³-hybridized carbons (Fsp3) is 0.467. The normalized spacial score (nSPS) is 17.5. The van der Waals surface area contributed by atoms with Gasteiger partial charge in [-0.2, -0.15) is 0 Å². The van der Waals surface area contributed by atoms with Crippen molar-refractivity contribution in [1.29, 1.82) is 0 Å². The average molecular weight is 346 g/mol. The van der Waals surface area contributed by atoms with Crippen LogP contribution >= 0.6 is 23.2 Å². The number of nitrogens with zero attached hydrogens (tertiary/aromatic N) is 1. The number of hydrogen-bond acceptors (Lipinski definition) is 3. The van der Waals surface area contributed by atoms with Gasteiger partial charge in [0.15, 0.2) is 0 Å². The maximum Gasteiger partial charge on any atom is 0.326 e. The third kappa shape index (κ3) is 4.27. The SMILES string of the molecule is O=C(O)[C@H]1CCCN1C(=O)CCCOc1ccc(Cl)cc1Cl. The summed E-state index contributed by atoms with van der Waals surface area (Å²) in [5.41, 5.74) is 0. The number of halogens is 2. The number of likely N-dealkylation sites (tertiary alicyclic amines) is 1. The molecule has 0 spiro atoms. The lowest BCUT2D eigenvalue weighted by Gasteiger charge is -2.21. The Morgan fingerprint density at radius 3 is 2.82 bits per heavy atom. The van der Waals surface area contributed by atoms with Gasteiger partial charge in [0.1, 0.15) is 11.8 Å². The van der Waals surface area contributed by atoms with E-state index in [-0.39, 0.29) is 12.3 Å². The number of carbonyl (C=O) groups is 2. The van der Waals surface area contributed by atoms with E-state index < -0.39 is 12.0 Å². The summed E-state index contributed by atoms with van der Waals surface area (Å²) in [7, 11) is 0. The summed E-state index contributed by atoms with van der Waals surface area (Å²) in [6, 6.07) is 4.26. The monoisotopic (exact) mass is 345 g/mol. The second-order valence-corrected chi connectivity index (χ2v) is 5.95. The van der Waals surface area contributed by atoms with E-state index in [1.165, 1.54) is 4.90 Å². The van der Waals surface area contributed by atoms with Crippen molar-refractivity contribution < 1.29 is 19.4 Å². The van der Waals surface area contributed by atoms with Crippen LogP contribution in [0.25, 0.3) is 0 Å². The molecule has 1 aliphatic rings. The highest BCUT2D eigenvalue weighted by Gasteiger charge is 2.33. The first kappa shape index (κ1) is 16.9. The number of carboxylic acids is 1. The van der Waals surface area contributed by atoms with Gasteiger partial charge < -0.3 is 14.7 Å². The fourth-order valence-corrected chi connectivity index (χ4v) is 2.93. The molecule has 0 unspecified atom stereocenters. The van der Waals surface area contributed by atoms with E-state index in [4.69, 9.17) is 33.0 Å². The topological polar surface area (TPSA) is 66.8 Å². The molecule has 0 aromatic heterocycles. The van der Waals surface area contributed by atoms with Crippen molar-refractivity contribution in [2.75, 3.05) is 13.2 Å². The molecule has 7 heteroatoms. The van der Waals surface area contributed by atoms with Crippen LogP contribution in [-0.2, 0) is 9.59 Å². The molecule has 1 N–H and O–H groups in total. The van der Waals surface area contributed by atoms with Crippen LogP contribution in [0.5, 0.6) is 5.75 Å². The summed E-state index contributed by atoms with van der Waals surface area (Å²) in [5.74, 6) is -0.561. The molecule has 1 fully saturated rings. The molecule has 0 bridgehead atoms. The molecule has 1 aliphatic heterocycles. The Balaban J connectivity index is 1.76. The van der Waals surface area contributed by atoms with Crippen LogP contribution in [0.3, 0.4) is 0 Å². The van der Waals surface area contributed by atoms with Crippen LogP contribution in [0.15, 0.2) is 18.2 Å². The highest BCUT2D eigenvalue weighted by molar-refractivity contribution is 6.35. The Labute approximate surface area is 138 Å². The second kappa shape index (κ2) is 7.70. The van der Waals surface area contributed by atoms with E-state index >= 15 is 0 Å². The maximum atomic E-state index is 12.0. The zero-order chi connectivity index (χ0) is 16.1. The van der Waals surface area contributed by atoms with Crippen molar-refractivity contribution in [3.63, 3.8) is 0 Å². The maximum absolute atomic E-state index is 12.0. The largest absolute Gasteiger partial charge is 0.492 e. The molecular weight excluding hydrogens is 329 g/mol. The van der Waals surface area contributed by atoms with Crippen LogP contribution in [0.1, 0.15) is 25.7 Å². The minimum absolute atomic E-state index is 0.143. The van der Waals surface area contributed by atoms with Gasteiger partial charge in [-0.05, 0) is 37.5 Å². The molecule has 1 saturated heterocycles. The van der Waals surface area contributed by atoms with Crippen molar-refractivity contribution in [3.05, 3.63) is 28.2 Å². The highest BCUT2D eigenvalue weighted by Crippen LogP contribution is 2.27. The molecular formula is C15H17Cl2NO4. The van der Waals surface area contributed by atoms with E-state index in [9.17, 15) is 9.59 Å². The number of rotatable bonds is 6. The summed E-state index contributed by atoms with van der Waals surface area (Å²) < 4.78 is 5.50. The molecule has 5 nitrogen and oxygen atoms in total. The molecule has 2 rings (SSSR count). The molecule has 22 heavy (non-hydrogen) atoms. The second-order valence-electron chi connectivity index (χ2n) is 5.11. The molecule has 0 aliphatic carbocycles. The van der Waals surface area contributed by atoms with Gasteiger partial charge in [0.05, 0.1) is 11.6 Å². The van der Waals surface area contributed by atoms with Crippen LogP contribution in [0.4, 0.5) is 0 Å². The van der Waals surface area contributed by atoms with Crippen molar-refractivity contribution in [2.45, 2.75) is 31.7 Å². The summed E-state index contributed by atoms with van der Waals surface area (Å²) in [5, 5.41) is 10.0. The van der Waals surface area contributed by atoms with Crippen LogP contribution in [-0.4, -0.2) is 41.1 Å². The predicted molar refractivity (Wildman–Crippen MR) is 83.6 cm³/mol. The number of amides is 1. The molecule has 0 radical (unpaired) electrons. The van der Waals surface area contributed by atoms with E-state index in [2.05, 4.69) is 0 Å². The van der Waals surface area contributed by atoms with E-state index in [1.807, 2.05) is 0 Å². The Bertz CT molecular complexity index is 564. The standard InChI is InChI=1S/C15H17Cl2NO4/c16-10-5-6-13(11(17)9-10)22-8-2-4-14(19)18-7-1-3-12(18)15(20)21/h5-6,9,12H,1-4,7-8H2,(H,20,21)/t12-/m1/s1. The first-order chi connectivity index (χ1) is 10.5. The quantitative estimate of drug-likeness (QED) is 0.803. The van der Waals surface area contributed by atoms with Crippen LogP contribution < -0.4 is 4.74 Å². The minimum Gasteiger partial charge on any atom is -0.492 e. The smallest absolute Gasteiger partial charge is 0.326 e. The van der Waals surface area contributed by atoms with Crippen LogP contribution in [0, 0.1) is 0 Å². The van der Waals surface area contributed by atoms with Gasteiger partial charge in [-0.3, -0.25) is 4.79 Å². The number of carbonyl (C=O) groups excluding carboxylic acids is 1. The van der Waals surface area contributed by atoms with E-state index in [1.54, 1.807) is 18.2 Å². The molecule has 1 aromatic carbocycles. The Morgan fingerprint density at radius 2 is 2.14 bits per heavy atom. The van der Waals surface area contributed by atoms with Crippen molar-refractivity contribution in [1.82, 2.24) is 4.90 Å². The average Bonchev–Trinajstić information content (AvgIpc) is 2.95. The Morgan fingerprint density at radius 1 is 1.36 bits per heavy atom. The molecule has 1 atom stereocenters. The highest BCUT2D eigenvalue weighted by atomic mass is 35.5. The first-order valence-electron chi connectivity index (χ1n) is 7.09. The van der Waals surface area contributed by atoms with Gasteiger partial charge in [0.2, 0.25) is 5.91 Å². The van der Waals surface area contributed by atoms with Crippen molar-refractivity contribution in [2.24, 2.45) is 0 Å². The van der Waals surface area contributed by atoms with Gasteiger partial charge in [0, 0.05) is 18.0 Å². The zero-order valence-electron chi connectivity index (χ0n) is 11.9. The Kier molecular flexibility index (Phi) is 5.91. The minimum atomic E-state index is -0.935. The number of carboxylic acid groups (broad SMARTS) is 1. The summed E-state index contributed by atoms with van der Waals surface area (Å²) in [6.45, 7) is 0.846. The van der Waals surface area contributed by atoms with E-state index in [0.717, 1.165) is 6.42 Å². The molecule has 120 valence electrons. The van der Waals surface area contributed by atoms with Gasteiger partial charge in [0.25, 0.3) is 0 Å². The molecule has 1 amide bonds. The van der Waals surface area contributed by atoms with Gasteiger partial charge in [-0.15, -0.1) is 0 Å². The summed E-state index contributed by atoms with van der Waals surface area (Å²) >= 11 is 11.8. The molecule has 0 saturated carbocycles. The number of hydrogen-bond donors (Lipinski definition) is 1. The predicted octanol–water partition coefficient (Wildman–Crippen LogP) is 3.23. The van der Waals surface area contributed by atoms with Gasteiger partial charge in [-0.25, -0.2) is 4.79 Å². The van der Waals surface area contributed by atoms with Gasteiger partial charge in [-0.1, -0.05) is 23.2 Å². The summed E-state index contributed by atoms with van der Waals surface area (Å²) in [4.78, 5) is 24.5. The fourth-order valence-electron chi connectivity index (χ4n) is 2.46. The third-order valence-electron chi connectivity index (χ3n) is 3.54. The molecule has 1 heterocycles. The zero-order valence-corrected chi connectivity index (χ0v) is 13.4. The first-order valence-corrected chi connectivity index (χ1v) is 7.85. The van der Waals surface area contributed by atoms with Crippen molar-refractivity contribution >= 4 is 35.1 Å². The molecule has 1 aromatic rings. The van der Waals surface area contributed by atoms with Gasteiger partial charge >= 0.3 is 5.97 Å². The van der Waals surface area contributed by atoms with E-state index in [0.29, 0.717) is 41.8 Å². The third-order valence-corrected chi connectivity index (χ3v) is 4.08. The Hall–Kier alpha value is -1.46. The number of aliphatic carboxylic acids is 1. The lowest BCUT2D eigenvalue weighted by molar-refractivity contribution is -0.148. The number of ether oxygens (including phenoxy) is 1. The lowest BCUT2D eigenvalue weighted by Crippen LogP contribution is -2.40. The lowest BCUT2D eigenvalue weighted by atomic mass is 10.2. The van der Waals surface area contributed by atoms with Crippen molar-refractivity contribution in [3.8, 4) is 5.75 Å². The number of benzene rings is 1. The summed E-state index contributed by atoms with van der Waals surface area (Å²) in [6.07, 6.45) is 2.02. The van der Waals surface area contributed by atoms with Crippen LogP contribution in [0.2, 0.25) is 10.0 Å².